The molecule has 2 heteroatoms. The summed E-state index contributed by atoms with van der Waals surface area (Å²) in [6.45, 7) is 12.5. The third-order valence-electron chi connectivity index (χ3n) is 3.33. The highest BCUT2D eigenvalue weighted by Crippen LogP contribution is 2.16. The lowest BCUT2D eigenvalue weighted by molar-refractivity contribution is 0.363. The van der Waals surface area contributed by atoms with Gasteiger partial charge < -0.3 is 0 Å². The van der Waals surface area contributed by atoms with Crippen LogP contribution >= 0.6 is 12.4 Å². The van der Waals surface area contributed by atoms with E-state index in [1.165, 1.54) is 16.7 Å². The van der Waals surface area contributed by atoms with Crippen molar-refractivity contribution in [3.8, 4) is 11.8 Å². The minimum Gasteiger partial charge on any atom is -0.298 e. The molecule has 0 amide bonds. The summed E-state index contributed by atoms with van der Waals surface area (Å²) in [5.74, 6) is 6.32. The number of hydrogen-bond donors (Lipinski definition) is 0. The van der Waals surface area contributed by atoms with Crippen LogP contribution in [0.25, 0.3) is 5.57 Å². The molecule has 0 fully saturated rings. The molecule has 0 saturated carbocycles. The molecule has 1 aromatic rings. The lowest BCUT2D eigenvalue weighted by atomic mass is 9.98. The van der Waals surface area contributed by atoms with Crippen molar-refractivity contribution in [3.05, 3.63) is 53.6 Å². The van der Waals surface area contributed by atoms with Crippen LogP contribution in [0.1, 0.15) is 45.7 Å². The van der Waals surface area contributed by atoms with Crippen LogP contribution in [0, 0.1) is 17.3 Å². The Morgan fingerprint density at radius 2 is 1.96 bits per heavy atom. The third kappa shape index (κ3) is 9.29. The zero-order valence-electron chi connectivity index (χ0n) is 15.3. The van der Waals surface area contributed by atoms with Gasteiger partial charge in [0.25, 0.3) is 0 Å². The highest BCUT2D eigenvalue weighted by atomic mass is 35.5. The lowest BCUT2D eigenvalue weighted by Crippen LogP contribution is -2.17. The van der Waals surface area contributed by atoms with Gasteiger partial charge >= 0.3 is 0 Å². The van der Waals surface area contributed by atoms with Crippen molar-refractivity contribution in [2.45, 2.75) is 41.2 Å². The van der Waals surface area contributed by atoms with Crippen molar-refractivity contribution >= 4 is 18.0 Å². The van der Waals surface area contributed by atoms with Gasteiger partial charge in [-0.2, -0.15) is 0 Å². The maximum atomic E-state index is 3.21. The molecule has 0 aliphatic heterocycles. The molecule has 23 heavy (non-hydrogen) atoms. The highest BCUT2D eigenvalue weighted by molar-refractivity contribution is 5.85. The lowest BCUT2D eigenvalue weighted by Gasteiger charge is -2.15. The van der Waals surface area contributed by atoms with Crippen molar-refractivity contribution in [2.75, 3.05) is 13.6 Å². The summed E-state index contributed by atoms with van der Waals surface area (Å²) in [7, 11) is 2.14. The van der Waals surface area contributed by atoms with Crippen molar-refractivity contribution in [1.29, 1.82) is 0 Å². The average Bonchev–Trinajstić information content (AvgIpc) is 2.45. The van der Waals surface area contributed by atoms with Gasteiger partial charge in [0.15, 0.2) is 0 Å². The molecule has 0 aliphatic rings. The Bertz CT molecular complexity index is 594. The Morgan fingerprint density at radius 1 is 1.26 bits per heavy atom. The SMILES string of the molecule is C/C=C(/C)c1cccc(CN(C)CC=CC#CC(C)(C)C)c1.Cl. The van der Waals surface area contributed by atoms with Gasteiger partial charge in [-0.05, 0) is 64.4 Å². The first kappa shape index (κ1) is 21.5. The summed E-state index contributed by atoms with van der Waals surface area (Å²) >= 11 is 0. The maximum absolute atomic E-state index is 3.21. The van der Waals surface area contributed by atoms with Crippen LogP contribution in [-0.4, -0.2) is 18.5 Å². The quantitative estimate of drug-likeness (QED) is 0.637. The molecule has 0 N–H and O–H groups in total. The number of rotatable bonds is 5. The van der Waals surface area contributed by atoms with Crippen molar-refractivity contribution < 1.29 is 0 Å². The summed E-state index contributed by atoms with van der Waals surface area (Å²) in [4.78, 5) is 2.29. The van der Waals surface area contributed by atoms with Gasteiger partial charge in [-0.15, -0.1) is 12.4 Å². The molecule has 0 bridgehead atoms. The fraction of sp³-hybridized carbons (Fsp3) is 0.429. The van der Waals surface area contributed by atoms with Crippen LogP contribution in [-0.2, 0) is 6.54 Å². The van der Waals surface area contributed by atoms with E-state index in [0.717, 1.165) is 13.1 Å². The zero-order valence-corrected chi connectivity index (χ0v) is 16.1. The molecule has 0 spiro atoms. The van der Waals surface area contributed by atoms with Crippen LogP contribution in [0.15, 0.2) is 42.5 Å². The first-order valence-corrected chi connectivity index (χ1v) is 7.90. The fourth-order valence-corrected chi connectivity index (χ4v) is 2.01. The van der Waals surface area contributed by atoms with Gasteiger partial charge in [-0.3, -0.25) is 4.90 Å². The molecule has 0 aliphatic carbocycles. The van der Waals surface area contributed by atoms with Gasteiger partial charge in [0.05, 0.1) is 0 Å². The minimum atomic E-state index is 0. The fourth-order valence-electron chi connectivity index (χ4n) is 2.01. The van der Waals surface area contributed by atoms with E-state index < -0.39 is 0 Å². The van der Waals surface area contributed by atoms with Crippen LogP contribution in [0.5, 0.6) is 0 Å². The highest BCUT2D eigenvalue weighted by Gasteiger charge is 2.02. The first-order valence-electron chi connectivity index (χ1n) is 7.90. The van der Waals surface area contributed by atoms with Crippen molar-refractivity contribution in [1.82, 2.24) is 4.90 Å². The summed E-state index contributed by atoms with van der Waals surface area (Å²) in [6.07, 6.45) is 6.24. The molecule has 126 valence electrons. The second-order valence-electron chi connectivity index (χ2n) is 6.79. The normalized spacial score (nSPS) is 12.0. The van der Waals surface area contributed by atoms with E-state index in [9.17, 15) is 0 Å². The van der Waals surface area contributed by atoms with Gasteiger partial charge in [-0.25, -0.2) is 0 Å². The average molecular weight is 332 g/mol. The Hall–Kier alpha value is -1.49. The van der Waals surface area contributed by atoms with Crippen molar-refractivity contribution in [3.63, 3.8) is 0 Å². The van der Waals surface area contributed by atoms with Gasteiger partial charge in [-0.1, -0.05) is 48.3 Å². The molecular weight excluding hydrogens is 302 g/mol. The summed E-state index contributed by atoms with van der Waals surface area (Å²) in [6, 6.07) is 8.76. The van der Waals surface area contributed by atoms with E-state index in [2.05, 4.69) is 94.8 Å². The molecule has 0 radical (unpaired) electrons. The Kier molecular flexibility index (Phi) is 9.65. The van der Waals surface area contributed by atoms with Crippen LogP contribution < -0.4 is 0 Å². The number of nitrogens with zero attached hydrogens (tertiary/aromatic N) is 1. The molecule has 0 aromatic heterocycles. The molecule has 0 saturated heterocycles. The predicted molar refractivity (Wildman–Crippen MR) is 106 cm³/mol. The largest absolute Gasteiger partial charge is 0.298 e. The second kappa shape index (κ2) is 10.3. The first-order chi connectivity index (χ1) is 10.3. The van der Waals surface area contributed by atoms with E-state index in [1.807, 2.05) is 6.08 Å². The third-order valence-corrected chi connectivity index (χ3v) is 3.33. The Labute approximate surface area is 148 Å². The van der Waals surface area contributed by atoms with Gasteiger partial charge in [0.1, 0.15) is 0 Å². The monoisotopic (exact) mass is 331 g/mol. The van der Waals surface area contributed by atoms with E-state index in [-0.39, 0.29) is 17.8 Å². The summed E-state index contributed by atoms with van der Waals surface area (Å²) in [5, 5.41) is 0. The minimum absolute atomic E-state index is 0. The number of benzene rings is 1. The number of halogens is 1. The van der Waals surface area contributed by atoms with E-state index in [0.29, 0.717) is 0 Å². The van der Waals surface area contributed by atoms with E-state index >= 15 is 0 Å². The second-order valence-corrected chi connectivity index (χ2v) is 6.79. The molecule has 0 unspecified atom stereocenters. The number of likely N-dealkylation sites (N-methyl/N-ethyl adjacent to an activating group) is 1. The smallest absolute Gasteiger partial charge is 0.0234 e. The molecule has 1 aromatic carbocycles. The number of hydrogen-bond acceptors (Lipinski definition) is 1. The number of allylic oxidation sites excluding steroid dienone is 3. The molecule has 1 nitrogen and oxygen atoms in total. The summed E-state index contributed by atoms with van der Waals surface area (Å²) in [5.41, 5.74) is 4.04. The van der Waals surface area contributed by atoms with E-state index in [1.54, 1.807) is 0 Å². The van der Waals surface area contributed by atoms with Crippen molar-refractivity contribution in [2.24, 2.45) is 5.41 Å². The van der Waals surface area contributed by atoms with Crippen LogP contribution in [0.3, 0.4) is 0 Å². The molecule has 0 heterocycles. The molecular formula is C21H30ClN. The topological polar surface area (TPSA) is 3.24 Å². The van der Waals surface area contributed by atoms with Crippen LogP contribution in [0.2, 0.25) is 0 Å². The van der Waals surface area contributed by atoms with Gasteiger partial charge in [0, 0.05) is 18.5 Å². The summed E-state index contributed by atoms with van der Waals surface area (Å²) < 4.78 is 0. The van der Waals surface area contributed by atoms with Crippen LogP contribution in [0.4, 0.5) is 0 Å². The zero-order chi connectivity index (χ0) is 16.6. The van der Waals surface area contributed by atoms with Gasteiger partial charge in [0.2, 0.25) is 0 Å². The standard InChI is InChI=1S/C21H29N.ClH/c1-7-18(2)20-13-11-12-19(16-20)17-22(6)15-10-8-9-14-21(3,4)5;/h7-8,10-13,16H,15,17H2,1-6H3;1H/b10-8?,18-7-;. The Morgan fingerprint density at radius 3 is 2.57 bits per heavy atom. The predicted octanol–water partition coefficient (Wildman–Crippen LogP) is 5.57. The van der Waals surface area contributed by atoms with E-state index in [4.69, 9.17) is 0 Å². The Balaban J connectivity index is 0.00000484. The molecule has 0 atom stereocenters. The molecule has 1 rings (SSSR count). The maximum Gasteiger partial charge on any atom is 0.0234 e.